The quantitative estimate of drug-likeness (QED) is 0.559. The van der Waals surface area contributed by atoms with Crippen LogP contribution in [0.4, 0.5) is 10.5 Å². The van der Waals surface area contributed by atoms with E-state index in [0.717, 1.165) is 5.56 Å². The zero-order valence-electron chi connectivity index (χ0n) is 16.4. The van der Waals surface area contributed by atoms with Crippen LogP contribution in [0.15, 0.2) is 54.6 Å². The van der Waals surface area contributed by atoms with Crippen molar-refractivity contribution in [3.05, 3.63) is 60.2 Å². The largest absolute Gasteiger partial charge is 0.494 e. The van der Waals surface area contributed by atoms with Crippen LogP contribution in [0, 0.1) is 0 Å². The van der Waals surface area contributed by atoms with Crippen LogP contribution in [0.2, 0.25) is 0 Å². The third-order valence-electron chi connectivity index (χ3n) is 3.98. The molecule has 0 heterocycles. The van der Waals surface area contributed by atoms with E-state index < -0.39 is 30.1 Å². The lowest BCUT2D eigenvalue weighted by atomic mass is 10.1. The molecule has 154 valence electrons. The summed E-state index contributed by atoms with van der Waals surface area (Å²) < 4.78 is 10.6. The lowest BCUT2D eigenvalue weighted by Crippen LogP contribution is -2.47. The van der Waals surface area contributed by atoms with E-state index in [1.807, 2.05) is 37.3 Å². The van der Waals surface area contributed by atoms with Crippen molar-refractivity contribution in [2.45, 2.75) is 32.4 Å². The Balaban J connectivity index is 1.96. The second-order valence-corrected chi connectivity index (χ2v) is 6.28. The summed E-state index contributed by atoms with van der Waals surface area (Å²) in [5.41, 5.74) is 6.52. The summed E-state index contributed by atoms with van der Waals surface area (Å²) in [7, 11) is 0. The van der Waals surface area contributed by atoms with Gasteiger partial charge in [-0.2, -0.15) is 0 Å². The summed E-state index contributed by atoms with van der Waals surface area (Å²) in [5.74, 6) is -0.562. The minimum atomic E-state index is -1.07. The Hall–Kier alpha value is -3.55. The molecule has 3 amide bonds. The molecule has 8 nitrogen and oxygen atoms in total. The zero-order valence-corrected chi connectivity index (χ0v) is 16.4. The molecule has 2 aromatic carbocycles. The Morgan fingerprint density at radius 3 is 2.28 bits per heavy atom. The number of rotatable bonds is 9. The van der Waals surface area contributed by atoms with Crippen LogP contribution in [-0.4, -0.2) is 36.7 Å². The van der Waals surface area contributed by atoms with Crippen molar-refractivity contribution in [2.24, 2.45) is 5.73 Å². The summed E-state index contributed by atoms with van der Waals surface area (Å²) in [5, 5.41) is 5.02. The van der Waals surface area contributed by atoms with Gasteiger partial charge in [-0.05, 0) is 43.7 Å². The molecule has 29 heavy (non-hydrogen) atoms. The molecule has 0 aliphatic rings. The first-order chi connectivity index (χ1) is 13.9. The number of benzene rings is 2. The van der Waals surface area contributed by atoms with E-state index in [1.165, 1.54) is 6.92 Å². The molecule has 0 aliphatic carbocycles. The molecule has 0 saturated heterocycles. The molecule has 0 unspecified atom stereocenters. The third kappa shape index (κ3) is 7.17. The van der Waals surface area contributed by atoms with Crippen LogP contribution in [0.5, 0.6) is 5.75 Å². The number of esters is 1. The molecule has 4 N–H and O–H groups in total. The normalized spacial score (nSPS) is 12.3. The van der Waals surface area contributed by atoms with Gasteiger partial charge in [0.15, 0.2) is 6.10 Å². The van der Waals surface area contributed by atoms with Gasteiger partial charge in [0.2, 0.25) is 0 Å². The number of hydrogen-bond acceptors (Lipinski definition) is 5. The Bertz CT molecular complexity index is 824. The molecular formula is C21H25N3O5. The fourth-order valence-electron chi connectivity index (χ4n) is 2.57. The van der Waals surface area contributed by atoms with Gasteiger partial charge in [0.25, 0.3) is 5.91 Å². The number of amides is 3. The summed E-state index contributed by atoms with van der Waals surface area (Å²) >= 11 is 0. The number of carbonyl (C=O) groups excluding carboxylic acids is 3. The SMILES string of the molecule is CCOc1ccc(NC(=O)[C@@H](C)OC(=O)[C@H](Cc2ccccc2)NC(N)=O)cc1. The molecular weight excluding hydrogens is 374 g/mol. The van der Waals surface area contributed by atoms with Gasteiger partial charge in [0, 0.05) is 12.1 Å². The maximum absolute atomic E-state index is 12.5. The van der Waals surface area contributed by atoms with E-state index >= 15 is 0 Å². The van der Waals surface area contributed by atoms with Gasteiger partial charge in [-0.3, -0.25) is 4.79 Å². The highest BCUT2D eigenvalue weighted by atomic mass is 16.5. The van der Waals surface area contributed by atoms with E-state index in [9.17, 15) is 14.4 Å². The molecule has 2 aromatic rings. The smallest absolute Gasteiger partial charge is 0.329 e. The number of primary amides is 1. The summed E-state index contributed by atoms with van der Waals surface area (Å²) in [6.45, 7) is 3.87. The van der Waals surface area contributed by atoms with Gasteiger partial charge in [-0.25, -0.2) is 9.59 Å². The predicted molar refractivity (Wildman–Crippen MR) is 108 cm³/mol. The van der Waals surface area contributed by atoms with E-state index in [0.29, 0.717) is 18.0 Å². The third-order valence-corrected chi connectivity index (χ3v) is 3.98. The molecule has 0 saturated carbocycles. The number of ether oxygens (including phenoxy) is 2. The van der Waals surface area contributed by atoms with E-state index in [1.54, 1.807) is 24.3 Å². The van der Waals surface area contributed by atoms with Crippen molar-refractivity contribution in [2.75, 3.05) is 11.9 Å². The Labute approximate surface area is 169 Å². The molecule has 2 rings (SSSR count). The van der Waals surface area contributed by atoms with Gasteiger partial charge < -0.3 is 25.8 Å². The van der Waals surface area contributed by atoms with Gasteiger partial charge in [0.05, 0.1) is 6.61 Å². The molecule has 0 fully saturated rings. The highest BCUT2D eigenvalue weighted by molar-refractivity contribution is 5.95. The van der Waals surface area contributed by atoms with E-state index in [-0.39, 0.29) is 6.42 Å². The highest BCUT2D eigenvalue weighted by Crippen LogP contribution is 2.16. The van der Waals surface area contributed by atoms with Crippen molar-refractivity contribution < 1.29 is 23.9 Å². The van der Waals surface area contributed by atoms with E-state index in [2.05, 4.69) is 10.6 Å². The van der Waals surface area contributed by atoms with Crippen molar-refractivity contribution >= 4 is 23.6 Å². The van der Waals surface area contributed by atoms with Crippen LogP contribution in [0.25, 0.3) is 0 Å². The lowest BCUT2D eigenvalue weighted by molar-refractivity contribution is -0.155. The summed E-state index contributed by atoms with van der Waals surface area (Å²) in [6.07, 6.45) is -0.877. The molecule has 0 aromatic heterocycles. The van der Waals surface area contributed by atoms with Gasteiger partial charge in [-0.15, -0.1) is 0 Å². The van der Waals surface area contributed by atoms with Crippen molar-refractivity contribution in [1.82, 2.24) is 5.32 Å². The average molecular weight is 399 g/mol. The Kier molecular flexibility index (Phi) is 8.02. The number of hydrogen-bond donors (Lipinski definition) is 3. The first kappa shape index (κ1) is 21.7. The fraction of sp³-hybridized carbons (Fsp3) is 0.286. The van der Waals surface area contributed by atoms with Crippen LogP contribution < -0.4 is 21.1 Å². The lowest BCUT2D eigenvalue weighted by Gasteiger charge is -2.20. The minimum Gasteiger partial charge on any atom is -0.494 e. The van der Waals surface area contributed by atoms with Gasteiger partial charge in [0.1, 0.15) is 11.8 Å². The molecule has 0 radical (unpaired) electrons. The standard InChI is InChI=1S/C21H25N3O5/c1-3-28-17-11-9-16(10-12-17)23-19(25)14(2)29-20(26)18(24-21(22)27)13-15-7-5-4-6-8-15/h4-12,14,18H,3,13H2,1-2H3,(H,23,25)(H3,22,24,27)/t14-,18+/m1/s1. The Morgan fingerprint density at radius 2 is 1.69 bits per heavy atom. The second kappa shape index (κ2) is 10.7. The molecule has 0 aliphatic heterocycles. The first-order valence-corrected chi connectivity index (χ1v) is 9.23. The molecule has 8 heteroatoms. The number of anilines is 1. The first-order valence-electron chi connectivity index (χ1n) is 9.23. The van der Waals surface area contributed by atoms with E-state index in [4.69, 9.17) is 15.2 Å². The zero-order chi connectivity index (χ0) is 21.2. The minimum absolute atomic E-state index is 0.190. The number of nitrogens with one attached hydrogen (secondary N) is 2. The fourth-order valence-corrected chi connectivity index (χ4v) is 2.57. The summed E-state index contributed by atoms with van der Waals surface area (Å²) in [4.78, 5) is 36.1. The van der Waals surface area contributed by atoms with Crippen molar-refractivity contribution in [3.8, 4) is 5.75 Å². The predicted octanol–water partition coefficient (Wildman–Crippen LogP) is 2.24. The monoisotopic (exact) mass is 399 g/mol. The number of nitrogens with two attached hydrogens (primary N) is 1. The molecule has 2 atom stereocenters. The van der Waals surface area contributed by atoms with Crippen LogP contribution >= 0.6 is 0 Å². The average Bonchev–Trinajstić information content (AvgIpc) is 2.69. The van der Waals surface area contributed by atoms with Crippen LogP contribution in [0.1, 0.15) is 19.4 Å². The number of carbonyl (C=O) groups is 3. The van der Waals surface area contributed by atoms with Gasteiger partial charge >= 0.3 is 12.0 Å². The van der Waals surface area contributed by atoms with Crippen molar-refractivity contribution in [1.29, 1.82) is 0 Å². The molecule has 0 spiro atoms. The van der Waals surface area contributed by atoms with Crippen molar-refractivity contribution in [3.63, 3.8) is 0 Å². The highest BCUT2D eigenvalue weighted by Gasteiger charge is 2.26. The maximum Gasteiger partial charge on any atom is 0.329 e. The van der Waals surface area contributed by atoms with Crippen LogP contribution in [0.3, 0.4) is 0 Å². The second-order valence-electron chi connectivity index (χ2n) is 6.28. The topological polar surface area (TPSA) is 120 Å². The molecule has 0 bridgehead atoms. The van der Waals surface area contributed by atoms with Crippen LogP contribution in [-0.2, 0) is 20.7 Å². The van der Waals surface area contributed by atoms with Gasteiger partial charge in [-0.1, -0.05) is 30.3 Å². The number of urea groups is 1. The maximum atomic E-state index is 12.5. The summed E-state index contributed by atoms with van der Waals surface area (Å²) in [6, 6.07) is 14.1. The Morgan fingerprint density at radius 1 is 1.03 bits per heavy atom.